The number of nitrogens with zero attached hydrogens (tertiary/aromatic N) is 4. The minimum Gasteiger partial charge on any atom is -0.726 e. The highest BCUT2D eigenvalue weighted by Crippen LogP contribution is 2.02. The van der Waals surface area contributed by atoms with Crippen LogP contribution in [-0.2, 0) is 27.7 Å². The van der Waals surface area contributed by atoms with Crippen molar-refractivity contribution in [1.82, 2.24) is 9.78 Å². The van der Waals surface area contributed by atoms with Crippen LogP contribution in [0.5, 0.6) is 0 Å². The van der Waals surface area contributed by atoms with Gasteiger partial charge in [0.1, 0.15) is 6.54 Å². The third-order valence-corrected chi connectivity index (χ3v) is 2.61. The molecule has 0 saturated heterocycles. The molecule has 0 N–H and O–H groups in total. The molecule has 0 aromatic carbocycles. The van der Waals surface area contributed by atoms with E-state index in [1.165, 1.54) is 0 Å². The molecule has 0 aliphatic heterocycles. The van der Waals surface area contributed by atoms with Crippen molar-refractivity contribution in [2.24, 2.45) is 0 Å². The van der Waals surface area contributed by atoms with Gasteiger partial charge in [-0.25, -0.2) is 8.42 Å². The topological polar surface area (TPSA) is 131 Å². The van der Waals surface area contributed by atoms with Gasteiger partial charge in [0.15, 0.2) is 5.10 Å². The summed E-state index contributed by atoms with van der Waals surface area (Å²) in [5.41, 5.74) is 0. The van der Waals surface area contributed by atoms with Crippen molar-refractivity contribution in [3.8, 4) is 0 Å². The third kappa shape index (κ3) is 5.28. The van der Waals surface area contributed by atoms with Gasteiger partial charge in [-0.3, -0.25) is 4.18 Å². The first-order valence-electron chi connectivity index (χ1n) is 5.30. The molecule has 0 aliphatic carbocycles. The summed E-state index contributed by atoms with van der Waals surface area (Å²) in [6, 6.07) is 0. The fourth-order valence-electron chi connectivity index (χ4n) is 1.32. The number of rotatable bonds is 4. The monoisotopic (exact) mass is 296 g/mol. The summed E-state index contributed by atoms with van der Waals surface area (Å²) < 4.78 is 34.2. The molecule has 1 heterocycles. The number of aromatic nitrogens is 3. The molecular weight excluding hydrogens is 280 g/mol. The van der Waals surface area contributed by atoms with Gasteiger partial charge >= 0.3 is 5.95 Å². The molecule has 0 radical (unpaired) electrons. The number of hydrogen-bond acceptors (Lipinski definition) is 7. The van der Waals surface area contributed by atoms with Gasteiger partial charge < -0.3 is 14.7 Å². The molecule has 1 aromatic rings. The zero-order chi connectivity index (χ0) is 15.2. The molecule has 10 nitrogen and oxygen atoms in total. The molecule has 0 bridgehead atoms. The SMILES string of the molecule is CCn1nc([N+](=O)[O-])[n+](CC)c1C.COS(=O)(=O)[O-]. The maximum Gasteiger partial charge on any atom is 0.654 e. The smallest absolute Gasteiger partial charge is 0.654 e. The van der Waals surface area contributed by atoms with E-state index in [1.807, 2.05) is 20.8 Å². The van der Waals surface area contributed by atoms with Crippen molar-refractivity contribution >= 4 is 16.3 Å². The van der Waals surface area contributed by atoms with E-state index in [9.17, 15) is 23.1 Å². The number of nitro groups is 1. The van der Waals surface area contributed by atoms with Crippen LogP contribution in [0.1, 0.15) is 19.7 Å². The minimum absolute atomic E-state index is 0.0816. The molecule has 0 unspecified atom stereocenters. The summed E-state index contributed by atoms with van der Waals surface area (Å²) in [5.74, 6) is 0.735. The Morgan fingerprint density at radius 1 is 1.47 bits per heavy atom. The van der Waals surface area contributed by atoms with Crippen LogP contribution >= 0.6 is 0 Å². The maximum absolute atomic E-state index is 10.6. The van der Waals surface area contributed by atoms with E-state index in [4.69, 9.17) is 0 Å². The first-order valence-corrected chi connectivity index (χ1v) is 6.64. The van der Waals surface area contributed by atoms with Gasteiger partial charge in [-0.05, 0) is 13.8 Å². The van der Waals surface area contributed by atoms with Crippen molar-refractivity contribution in [1.29, 1.82) is 0 Å². The van der Waals surface area contributed by atoms with Gasteiger partial charge in [0, 0.05) is 6.92 Å². The first kappa shape index (κ1) is 17.4. The second-order valence-electron chi connectivity index (χ2n) is 3.24. The number of hydrogen-bond donors (Lipinski definition) is 0. The quantitative estimate of drug-likeness (QED) is 0.241. The summed E-state index contributed by atoms with van der Waals surface area (Å²) >= 11 is 0. The Balaban J connectivity index is 0.000000459. The van der Waals surface area contributed by atoms with Gasteiger partial charge in [-0.2, -0.15) is 0 Å². The fraction of sp³-hybridized carbons (Fsp3) is 0.750. The zero-order valence-corrected chi connectivity index (χ0v) is 11.9. The predicted octanol–water partition coefficient (Wildman–Crippen LogP) is -0.480. The molecule has 0 saturated carbocycles. The van der Waals surface area contributed by atoms with E-state index in [0.717, 1.165) is 12.9 Å². The van der Waals surface area contributed by atoms with E-state index in [1.54, 1.807) is 9.25 Å². The normalized spacial score (nSPS) is 10.8. The highest BCUT2D eigenvalue weighted by Gasteiger charge is 2.32. The molecule has 0 atom stereocenters. The standard InChI is InChI=1S/C7H13N4O2.CH4O4S/c1-4-9-6(3)10(5-2)8-7(9)11(12)13;1-5-6(2,3)4/h4-5H2,1-3H3;1H3,(H,2,3,4)/q+1;/p-1. The van der Waals surface area contributed by atoms with Crippen LogP contribution < -0.4 is 4.57 Å². The van der Waals surface area contributed by atoms with Crippen LogP contribution in [-0.4, -0.2) is 34.8 Å². The molecule has 1 rings (SSSR count). The van der Waals surface area contributed by atoms with Crippen LogP contribution in [0.3, 0.4) is 0 Å². The summed E-state index contributed by atoms with van der Waals surface area (Å²) in [4.78, 5) is 10.1. The van der Waals surface area contributed by atoms with Gasteiger partial charge in [0.2, 0.25) is 16.2 Å². The van der Waals surface area contributed by atoms with E-state index in [-0.39, 0.29) is 5.95 Å². The average molecular weight is 296 g/mol. The highest BCUT2D eigenvalue weighted by molar-refractivity contribution is 7.80. The molecule has 0 spiro atoms. The van der Waals surface area contributed by atoms with Crippen LogP contribution in [0.2, 0.25) is 0 Å². The van der Waals surface area contributed by atoms with Gasteiger partial charge in [0.25, 0.3) is 0 Å². The van der Waals surface area contributed by atoms with Gasteiger partial charge in [-0.1, -0.05) is 4.68 Å². The fourth-order valence-corrected chi connectivity index (χ4v) is 1.32. The Labute approximate surface area is 110 Å². The van der Waals surface area contributed by atoms with Crippen LogP contribution in [0, 0.1) is 17.0 Å². The van der Waals surface area contributed by atoms with Crippen LogP contribution in [0.4, 0.5) is 5.95 Å². The Bertz CT molecular complexity index is 538. The average Bonchev–Trinajstić information content (AvgIpc) is 2.65. The Morgan fingerprint density at radius 2 is 1.95 bits per heavy atom. The predicted molar refractivity (Wildman–Crippen MR) is 61.9 cm³/mol. The van der Waals surface area contributed by atoms with E-state index >= 15 is 0 Å². The molecule has 0 amide bonds. The van der Waals surface area contributed by atoms with Crippen molar-refractivity contribution in [2.75, 3.05) is 7.11 Å². The second-order valence-corrected chi connectivity index (χ2v) is 4.39. The lowest BCUT2D eigenvalue weighted by molar-refractivity contribution is -0.738. The van der Waals surface area contributed by atoms with E-state index in [0.29, 0.717) is 13.1 Å². The van der Waals surface area contributed by atoms with Crippen LogP contribution in [0.15, 0.2) is 0 Å². The summed E-state index contributed by atoms with van der Waals surface area (Å²) in [6.07, 6.45) is 0. The highest BCUT2D eigenvalue weighted by atomic mass is 32.3. The number of aryl methyl sites for hydroxylation is 1. The zero-order valence-electron chi connectivity index (χ0n) is 11.1. The van der Waals surface area contributed by atoms with Crippen molar-refractivity contribution in [2.45, 2.75) is 33.9 Å². The Hall–Kier alpha value is -1.59. The molecule has 110 valence electrons. The van der Waals surface area contributed by atoms with Crippen molar-refractivity contribution < 1.29 is 26.6 Å². The van der Waals surface area contributed by atoms with Gasteiger partial charge in [0.05, 0.1) is 18.6 Å². The maximum atomic E-state index is 10.6. The molecular formula is C8H16N4O6S. The van der Waals surface area contributed by atoms with Crippen LogP contribution in [0.25, 0.3) is 0 Å². The lowest BCUT2D eigenvalue weighted by Crippen LogP contribution is -2.37. The third-order valence-electron chi connectivity index (χ3n) is 2.20. The molecule has 0 aliphatic rings. The second kappa shape index (κ2) is 7.11. The van der Waals surface area contributed by atoms with Crippen molar-refractivity contribution in [3.63, 3.8) is 0 Å². The largest absolute Gasteiger partial charge is 0.726 e. The lowest BCUT2D eigenvalue weighted by atomic mass is 10.6. The van der Waals surface area contributed by atoms with E-state index in [2.05, 4.69) is 9.28 Å². The summed E-state index contributed by atoms with van der Waals surface area (Å²) in [5, 5.41) is 14.5. The molecule has 11 heteroatoms. The minimum atomic E-state index is -4.41. The van der Waals surface area contributed by atoms with Gasteiger partial charge in [-0.15, -0.1) is 4.57 Å². The molecule has 19 heavy (non-hydrogen) atoms. The molecule has 1 aromatic heterocycles. The lowest BCUT2D eigenvalue weighted by Gasteiger charge is -1.98. The molecule has 0 fully saturated rings. The Morgan fingerprint density at radius 3 is 2.16 bits per heavy atom. The first-order chi connectivity index (χ1) is 8.67. The van der Waals surface area contributed by atoms with Crippen molar-refractivity contribution in [3.05, 3.63) is 15.9 Å². The van der Waals surface area contributed by atoms with E-state index < -0.39 is 15.3 Å². The summed E-state index contributed by atoms with van der Waals surface area (Å²) in [7, 11) is -3.60. The Kier molecular flexibility index (Phi) is 6.52. The summed E-state index contributed by atoms with van der Waals surface area (Å²) in [6.45, 7) is 6.82.